The van der Waals surface area contributed by atoms with Crippen LogP contribution in [-0.4, -0.2) is 12.9 Å². The van der Waals surface area contributed by atoms with Crippen molar-refractivity contribution >= 4 is 24.3 Å². The van der Waals surface area contributed by atoms with Gasteiger partial charge in [-0.1, -0.05) is 71.3 Å². The van der Waals surface area contributed by atoms with Crippen LogP contribution in [0.4, 0.5) is 0 Å². The van der Waals surface area contributed by atoms with Crippen LogP contribution in [0.5, 0.6) is 0 Å². The van der Waals surface area contributed by atoms with Gasteiger partial charge in [-0.05, 0) is 45.0 Å². The molecule has 0 bridgehead atoms. The van der Waals surface area contributed by atoms with E-state index >= 15 is 0 Å². The fourth-order valence-corrected chi connectivity index (χ4v) is 5.07. The van der Waals surface area contributed by atoms with Crippen molar-refractivity contribution in [2.75, 3.05) is 6.61 Å². The molecular weight excluding hydrogens is 367 g/mol. The third-order valence-corrected chi connectivity index (χ3v) is 6.57. The van der Waals surface area contributed by atoms with Gasteiger partial charge in [0.2, 0.25) is 0 Å². The lowest BCUT2D eigenvalue weighted by Crippen LogP contribution is -2.18. The SMILES string of the molecule is Cc1cc(C)cc(C)c1.O=CCCOP(=O)(c1ccccc1)c1ccccc1. The Labute approximate surface area is 167 Å². The first-order valence-corrected chi connectivity index (χ1v) is 10.9. The molecule has 3 rings (SSSR count). The Morgan fingerprint density at radius 2 is 1.14 bits per heavy atom. The first-order valence-electron chi connectivity index (χ1n) is 9.30. The maximum atomic E-state index is 13.2. The standard InChI is InChI=1S/C15H15O3P.C9H12/c16-12-7-13-18-19(17,14-8-3-1-4-9-14)15-10-5-2-6-11-15;1-7-4-8(2)6-9(3)5-7/h1-6,8-12H,7,13H2;4-6H,1-3H3. The summed E-state index contributed by atoms with van der Waals surface area (Å²) >= 11 is 0. The van der Waals surface area contributed by atoms with Crippen LogP contribution in [0.3, 0.4) is 0 Å². The molecule has 0 spiro atoms. The molecule has 0 saturated carbocycles. The fourth-order valence-electron chi connectivity index (χ4n) is 2.98. The minimum absolute atomic E-state index is 0.157. The van der Waals surface area contributed by atoms with E-state index in [2.05, 4.69) is 39.0 Å². The molecule has 0 radical (unpaired) electrons. The summed E-state index contributed by atoms with van der Waals surface area (Å²) in [6, 6.07) is 24.7. The van der Waals surface area contributed by atoms with Crippen LogP contribution >= 0.6 is 7.37 Å². The number of aldehydes is 1. The maximum Gasteiger partial charge on any atom is 0.261 e. The van der Waals surface area contributed by atoms with Gasteiger partial charge in [0.15, 0.2) is 0 Å². The molecule has 4 heteroatoms. The number of hydrogen-bond acceptors (Lipinski definition) is 3. The summed E-state index contributed by atoms with van der Waals surface area (Å²) in [4.78, 5) is 10.4. The number of rotatable bonds is 6. The lowest BCUT2D eigenvalue weighted by molar-refractivity contribution is -0.108. The second-order valence-corrected chi connectivity index (χ2v) is 9.07. The monoisotopic (exact) mass is 394 g/mol. The van der Waals surface area contributed by atoms with E-state index in [0.29, 0.717) is 10.6 Å². The van der Waals surface area contributed by atoms with Crippen LogP contribution in [0.25, 0.3) is 0 Å². The lowest BCUT2D eigenvalue weighted by Gasteiger charge is -2.18. The minimum atomic E-state index is -3.11. The molecule has 0 aromatic heterocycles. The van der Waals surface area contributed by atoms with Crippen LogP contribution in [0, 0.1) is 20.8 Å². The molecule has 0 aliphatic rings. The van der Waals surface area contributed by atoms with Gasteiger partial charge in [-0.25, -0.2) is 0 Å². The van der Waals surface area contributed by atoms with Crippen LogP contribution in [0.15, 0.2) is 78.9 Å². The topological polar surface area (TPSA) is 43.4 Å². The zero-order valence-electron chi connectivity index (χ0n) is 16.7. The van der Waals surface area contributed by atoms with E-state index in [1.165, 1.54) is 16.7 Å². The smallest absolute Gasteiger partial charge is 0.261 e. The highest BCUT2D eigenvalue weighted by atomic mass is 31.2. The Balaban J connectivity index is 0.000000261. The third kappa shape index (κ3) is 6.30. The van der Waals surface area contributed by atoms with Crippen molar-refractivity contribution in [2.45, 2.75) is 27.2 Å². The van der Waals surface area contributed by atoms with Gasteiger partial charge in [0, 0.05) is 17.0 Å². The average Bonchev–Trinajstić information content (AvgIpc) is 2.69. The molecular formula is C24H27O3P. The van der Waals surface area contributed by atoms with Crippen molar-refractivity contribution in [3.63, 3.8) is 0 Å². The van der Waals surface area contributed by atoms with E-state index in [4.69, 9.17) is 4.52 Å². The summed E-state index contributed by atoms with van der Waals surface area (Å²) < 4.78 is 18.7. The van der Waals surface area contributed by atoms with E-state index < -0.39 is 7.37 Å². The van der Waals surface area contributed by atoms with Gasteiger partial charge in [0.1, 0.15) is 6.29 Å². The van der Waals surface area contributed by atoms with Crippen LogP contribution in [-0.2, 0) is 13.9 Å². The molecule has 0 fully saturated rings. The van der Waals surface area contributed by atoms with Crippen LogP contribution < -0.4 is 10.6 Å². The zero-order chi connectivity index (χ0) is 20.4. The Hall–Kier alpha value is -2.48. The van der Waals surface area contributed by atoms with E-state index in [1.54, 1.807) is 24.3 Å². The van der Waals surface area contributed by atoms with Crippen molar-refractivity contribution in [2.24, 2.45) is 0 Å². The number of aryl methyl sites for hydroxylation is 3. The highest BCUT2D eigenvalue weighted by molar-refractivity contribution is 7.74. The van der Waals surface area contributed by atoms with Crippen molar-refractivity contribution in [1.82, 2.24) is 0 Å². The normalized spacial score (nSPS) is 10.7. The van der Waals surface area contributed by atoms with E-state index in [1.807, 2.05) is 36.4 Å². The second-order valence-electron chi connectivity index (χ2n) is 6.68. The molecule has 0 aliphatic heterocycles. The van der Waals surface area contributed by atoms with Gasteiger partial charge < -0.3 is 9.32 Å². The molecule has 28 heavy (non-hydrogen) atoms. The van der Waals surface area contributed by atoms with Crippen LogP contribution in [0.1, 0.15) is 23.1 Å². The Bertz CT molecular complexity index is 827. The summed E-state index contributed by atoms with van der Waals surface area (Å²) in [5.41, 5.74) is 4.06. The lowest BCUT2D eigenvalue weighted by atomic mass is 10.1. The summed E-state index contributed by atoms with van der Waals surface area (Å²) in [6.07, 6.45) is 1.00. The third-order valence-electron chi connectivity index (χ3n) is 4.07. The Morgan fingerprint density at radius 1 is 0.750 bits per heavy atom. The predicted octanol–water partition coefficient (Wildman–Crippen LogP) is 5.13. The molecule has 0 saturated heterocycles. The van der Waals surface area contributed by atoms with Gasteiger partial charge in [-0.2, -0.15) is 0 Å². The average molecular weight is 394 g/mol. The second kappa shape index (κ2) is 10.8. The highest BCUT2D eigenvalue weighted by Crippen LogP contribution is 2.44. The van der Waals surface area contributed by atoms with Crippen molar-refractivity contribution < 1.29 is 13.9 Å². The maximum absolute atomic E-state index is 13.2. The van der Waals surface area contributed by atoms with Crippen LogP contribution in [0.2, 0.25) is 0 Å². The van der Waals surface area contributed by atoms with Crippen molar-refractivity contribution in [1.29, 1.82) is 0 Å². The zero-order valence-corrected chi connectivity index (χ0v) is 17.6. The first kappa shape index (κ1) is 21.8. The summed E-state index contributed by atoms with van der Waals surface area (Å²) in [7, 11) is -3.11. The number of benzene rings is 3. The van der Waals surface area contributed by atoms with Gasteiger partial charge in [0.25, 0.3) is 7.37 Å². The minimum Gasteiger partial charge on any atom is -0.322 e. The van der Waals surface area contributed by atoms with Gasteiger partial charge in [-0.15, -0.1) is 0 Å². The highest BCUT2D eigenvalue weighted by Gasteiger charge is 2.27. The van der Waals surface area contributed by atoms with Crippen molar-refractivity contribution in [3.05, 3.63) is 95.6 Å². The summed E-state index contributed by atoms with van der Waals surface area (Å²) in [5.74, 6) is 0. The van der Waals surface area contributed by atoms with Gasteiger partial charge in [-0.3, -0.25) is 4.57 Å². The number of carbonyl (C=O) groups excluding carboxylic acids is 1. The van der Waals surface area contributed by atoms with E-state index in [0.717, 1.165) is 6.29 Å². The molecule has 0 atom stereocenters. The molecule has 3 aromatic carbocycles. The molecule has 0 N–H and O–H groups in total. The Kier molecular flexibility index (Phi) is 8.38. The molecule has 3 nitrogen and oxygen atoms in total. The largest absolute Gasteiger partial charge is 0.322 e. The van der Waals surface area contributed by atoms with Crippen molar-refractivity contribution in [3.8, 4) is 0 Å². The first-order chi connectivity index (χ1) is 13.5. The van der Waals surface area contributed by atoms with Gasteiger partial charge in [0.05, 0.1) is 6.61 Å². The quantitative estimate of drug-likeness (QED) is 0.331. The molecule has 0 aliphatic carbocycles. The molecule has 0 unspecified atom stereocenters. The number of carbonyl (C=O) groups is 1. The summed E-state index contributed by atoms with van der Waals surface area (Å²) in [6.45, 7) is 6.53. The fraction of sp³-hybridized carbons (Fsp3) is 0.208. The summed E-state index contributed by atoms with van der Waals surface area (Å²) in [5, 5.41) is 1.29. The molecule has 3 aromatic rings. The molecule has 146 valence electrons. The predicted molar refractivity (Wildman–Crippen MR) is 117 cm³/mol. The molecule has 0 amide bonds. The Morgan fingerprint density at radius 3 is 1.50 bits per heavy atom. The number of hydrogen-bond donors (Lipinski definition) is 0. The van der Waals surface area contributed by atoms with E-state index in [9.17, 15) is 9.36 Å². The van der Waals surface area contributed by atoms with E-state index in [-0.39, 0.29) is 13.0 Å². The van der Waals surface area contributed by atoms with Gasteiger partial charge >= 0.3 is 0 Å². The molecule has 0 heterocycles.